The Hall–Kier alpha value is -2.47. The van der Waals surface area contributed by atoms with Crippen molar-refractivity contribution in [1.82, 2.24) is 14.5 Å². The lowest BCUT2D eigenvalue weighted by molar-refractivity contribution is -0.115. The number of benzene rings is 1. The van der Waals surface area contributed by atoms with E-state index >= 15 is 0 Å². The van der Waals surface area contributed by atoms with Crippen molar-refractivity contribution in [2.24, 2.45) is 0 Å². The Morgan fingerprint density at radius 2 is 1.96 bits per heavy atom. The zero-order chi connectivity index (χ0) is 17.4. The minimum Gasteiger partial charge on any atom is -0.296 e. The molecular formula is C18H16ClFN4O. The van der Waals surface area contributed by atoms with Crippen molar-refractivity contribution in [1.29, 1.82) is 0 Å². The standard InChI is InChI=1S/C18H16ClFN4O/c19-15-9-8-14-17(22-15)24(13-2-1-3-13)18(21-14)23-16(25)10-11-4-6-12(20)7-5-11/h4-9,13H,1-3,10H2,(H,21,23,25). The van der Waals surface area contributed by atoms with E-state index in [1.807, 2.05) is 4.57 Å². The highest BCUT2D eigenvalue weighted by molar-refractivity contribution is 6.29. The average molecular weight is 359 g/mol. The van der Waals surface area contributed by atoms with Crippen LogP contribution in [0.3, 0.4) is 0 Å². The summed E-state index contributed by atoms with van der Waals surface area (Å²) in [6.07, 6.45) is 3.36. The molecule has 1 aliphatic carbocycles. The van der Waals surface area contributed by atoms with Crippen LogP contribution in [0.2, 0.25) is 5.15 Å². The molecule has 2 aromatic heterocycles. The van der Waals surface area contributed by atoms with Crippen LogP contribution in [-0.4, -0.2) is 20.4 Å². The van der Waals surface area contributed by atoms with Crippen LogP contribution in [-0.2, 0) is 11.2 Å². The molecule has 0 saturated heterocycles. The van der Waals surface area contributed by atoms with Crippen molar-refractivity contribution in [3.8, 4) is 0 Å². The van der Waals surface area contributed by atoms with Gasteiger partial charge in [-0.05, 0) is 49.1 Å². The number of carbonyl (C=O) groups is 1. The second kappa shape index (κ2) is 6.44. The quantitative estimate of drug-likeness (QED) is 0.713. The Kier molecular flexibility index (Phi) is 4.13. The predicted octanol–water partition coefficient (Wildman–Crippen LogP) is 4.13. The van der Waals surface area contributed by atoms with Crippen molar-refractivity contribution in [3.63, 3.8) is 0 Å². The van der Waals surface area contributed by atoms with E-state index in [2.05, 4.69) is 15.3 Å². The number of fused-ring (bicyclic) bond motifs is 1. The third kappa shape index (κ3) is 3.22. The van der Waals surface area contributed by atoms with Gasteiger partial charge in [0.1, 0.15) is 16.5 Å². The number of nitrogens with zero attached hydrogens (tertiary/aromatic N) is 3. The highest BCUT2D eigenvalue weighted by Crippen LogP contribution is 2.36. The molecule has 0 bridgehead atoms. The molecule has 1 aromatic carbocycles. The fraction of sp³-hybridized carbons (Fsp3) is 0.278. The van der Waals surface area contributed by atoms with Crippen LogP contribution in [0, 0.1) is 5.82 Å². The monoisotopic (exact) mass is 358 g/mol. The van der Waals surface area contributed by atoms with Crippen LogP contribution in [0.4, 0.5) is 10.3 Å². The summed E-state index contributed by atoms with van der Waals surface area (Å²) in [4.78, 5) is 21.3. The van der Waals surface area contributed by atoms with Crippen LogP contribution in [0.1, 0.15) is 30.9 Å². The van der Waals surface area contributed by atoms with Gasteiger partial charge < -0.3 is 0 Å². The van der Waals surface area contributed by atoms with Crippen LogP contribution in [0.15, 0.2) is 36.4 Å². The normalized spacial score (nSPS) is 14.5. The minimum atomic E-state index is -0.320. The van der Waals surface area contributed by atoms with Gasteiger partial charge in [-0.15, -0.1) is 0 Å². The van der Waals surface area contributed by atoms with E-state index in [-0.39, 0.29) is 24.2 Å². The van der Waals surface area contributed by atoms with Crippen molar-refractivity contribution in [2.75, 3.05) is 5.32 Å². The smallest absolute Gasteiger partial charge is 0.231 e. The Balaban J connectivity index is 1.61. The van der Waals surface area contributed by atoms with Crippen molar-refractivity contribution >= 4 is 34.6 Å². The number of amides is 1. The zero-order valence-corrected chi connectivity index (χ0v) is 14.1. The third-order valence-electron chi connectivity index (χ3n) is 4.47. The second-order valence-corrected chi connectivity index (χ2v) is 6.61. The summed E-state index contributed by atoms with van der Waals surface area (Å²) < 4.78 is 14.9. The summed E-state index contributed by atoms with van der Waals surface area (Å²) >= 11 is 6.02. The van der Waals surface area contributed by atoms with Crippen LogP contribution >= 0.6 is 11.6 Å². The Bertz CT molecular complexity index is 934. The summed E-state index contributed by atoms with van der Waals surface area (Å²) in [6.45, 7) is 0. The lowest BCUT2D eigenvalue weighted by Gasteiger charge is -2.28. The van der Waals surface area contributed by atoms with Gasteiger partial charge in [-0.1, -0.05) is 23.7 Å². The summed E-state index contributed by atoms with van der Waals surface area (Å²) in [5, 5.41) is 3.27. The maximum absolute atomic E-state index is 13.0. The number of carbonyl (C=O) groups excluding carboxylic acids is 1. The second-order valence-electron chi connectivity index (χ2n) is 6.22. The number of aromatic nitrogens is 3. The van der Waals surface area contributed by atoms with E-state index in [1.54, 1.807) is 24.3 Å². The summed E-state index contributed by atoms with van der Waals surface area (Å²) in [5.74, 6) is -0.0333. The number of nitrogens with one attached hydrogen (secondary N) is 1. The van der Waals surface area contributed by atoms with E-state index in [1.165, 1.54) is 12.1 Å². The number of imidazole rings is 1. The van der Waals surface area contributed by atoms with Gasteiger partial charge in [-0.2, -0.15) is 0 Å². The highest BCUT2D eigenvalue weighted by atomic mass is 35.5. The molecule has 0 unspecified atom stereocenters. The summed E-state index contributed by atoms with van der Waals surface area (Å²) in [6, 6.07) is 9.66. The summed E-state index contributed by atoms with van der Waals surface area (Å²) in [7, 11) is 0. The average Bonchev–Trinajstić information content (AvgIpc) is 2.86. The van der Waals surface area contributed by atoms with E-state index in [0.29, 0.717) is 22.3 Å². The molecule has 0 spiro atoms. The summed E-state index contributed by atoms with van der Waals surface area (Å²) in [5.41, 5.74) is 2.13. The first kappa shape index (κ1) is 16.0. The molecule has 1 aliphatic rings. The first-order valence-electron chi connectivity index (χ1n) is 8.19. The maximum Gasteiger partial charge on any atom is 0.231 e. The van der Waals surface area contributed by atoms with Gasteiger partial charge in [0.15, 0.2) is 5.65 Å². The number of hydrogen-bond acceptors (Lipinski definition) is 3. The molecule has 25 heavy (non-hydrogen) atoms. The molecule has 0 atom stereocenters. The van der Waals surface area contributed by atoms with Gasteiger partial charge in [0.05, 0.1) is 6.42 Å². The first-order chi connectivity index (χ1) is 12.1. The topological polar surface area (TPSA) is 59.8 Å². The van der Waals surface area contributed by atoms with Gasteiger partial charge in [0.25, 0.3) is 0 Å². The molecule has 0 radical (unpaired) electrons. The Morgan fingerprint density at radius 3 is 2.64 bits per heavy atom. The van der Waals surface area contributed by atoms with Gasteiger partial charge in [-0.25, -0.2) is 14.4 Å². The zero-order valence-electron chi connectivity index (χ0n) is 13.4. The van der Waals surface area contributed by atoms with Crippen LogP contribution in [0.5, 0.6) is 0 Å². The molecule has 1 N–H and O–H groups in total. The fourth-order valence-corrected chi connectivity index (χ4v) is 3.13. The van der Waals surface area contributed by atoms with E-state index < -0.39 is 0 Å². The van der Waals surface area contributed by atoms with Crippen molar-refractivity contribution in [2.45, 2.75) is 31.7 Å². The lowest BCUT2D eigenvalue weighted by Crippen LogP contribution is -2.23. The minimum absolute atomic E-state index is 0.155. The highest BCUT2D eigenvalue weighted by Gasteiger charge is 2.26. The molecule has 1 amide bonds. The van der Waals surface area contributed by atoms with Crippen molar-refractivity contribution < 1.29 is 9.18 Å². The number of halogens is 2. The van der Waals surface area contributed by atoms with E-state index in [9.17, 15) is 9.18 Å². The largest absolute Gasteiger partial charge is 0.296 e. The Labute approximate surface area is 148 Å². The SMILES string of the molecule is O=C(Cc1ccc(F)cc1)Nc1nc2ccc(Cl)nc2n1C1CCC1. The van der Waals surface area contributed by atoms with Gasteiger partial charge in [0.2, 0.25) is 11.9 Å². The number of rotatable bonds is 4. The fourth-order valence-electron chi connectivity index (χ4n) is 2.99. The van der Waals surface area contributed by atoms with Gasteiger partial charge in [0, 0.05) is 6.04 Å². The van der Waals surface area contributed by atoms with Crippen LogP contribution in [0.25, 0.3) is 11.2 Å². The molecule has 5 nitrogen and oxygen atoms in total. The molecule has 1 saturated carbocycles. The van der Waals surface area contributed by atoms with E-state index in [4.69, 9.17) is 11.6 Å². The van der Waals surface area contributed by atoms with E-state index in [0.717, 1.165) is 24.8 Å². The first-order valence-corrected chi connectivity index (χ1v) is 8.57. The molecule has 4 rings (SSSR count). The molecule has 128 valence electrons. The molecule has 2 heterocycles. The van der Waals surface area contributed by atoms with Crippen molar-refractivity contribution in [3.05, 3.63) is 52.9 Å². The molecule has 7 heteroatoms. The van der Waals surface area contributed by atoms with Gasteiger partial charge in [-0.3, -0.25) is 14.7 Å². The predicted molar refractivity (Wildman–Crippen MR) is 94.2 cm³/mol. The maximum atomic E-state index is 13.0. The third-order valence-corrected chi connectivity index (χ3v) is 4.68. The van der Waals surface area contributed by atoms with Crippen LogP contribution < -0.4 is 5.32 Å². The number of anilines is 1. The molecule has 1 fully saturated rings. The lowest BCUT2D eigenvalue weighted by atomic mass is 9.93. The number of hydrogen-bond donors (Lipinski definition) is 1. The molecule has 3 aromatic rings. The number of pyridine rings is 1. The van der Waals surface area contributed by atoms with Gasteiger partial charge >= 0.3 is 0 Å². The molecule has 0 aliphatic heterocycles. The Morgan fingerprint density at radius 1 is 1.20 bits per heavy atom. The molecular weight excluding hydrogens is 343 g/mol.